The van der Waals surface area contributed by atoms with Crippen LogP contribution in [0.25, 0.3) is 10.9 Å². The van der Waals surface area contributed by atoms with Gasteiger partial charge in [0.2, 0.25) is 5.91 Å². The highest BCUT2D eigenvalue weighted by atomic mass is 79.9. The fraction of sp³-hybridized carbons (Fsp3) is 0.375. The monoisotopic (exact) mass is 419 g/mol. The highest BCUT2D eigenvalue weighted by Crippen LogP contribution is 2.35. The SMILES string of the molecule is O=C(NCCNc1cc(C(F)(F)F)nc2c(F)cc(Br)cc12)C1CC1. The van der Waals surface area contributed by atoms with Crippen molar-refractivity contribution in [1.82, 2.24) is 10.3 Å². The van der Waals surface area contributed by atoms with Gasteiger partial charge in [-0.25, -0.2) is 9.37 Å². The summed E-state index contributed by atoms with van der Waals surface area (Å²) in [7, 11) is 0. The molecule has 3 rings (SSSR count). The third-order valence-corrected chi connectivity index (χ3v) is 4.27. The lowest BCUT2D eigenvalue weighted by Gasteiger charge is -2.14. The summed E-state index contributed by atoms with van der Waals surface area (Å²) in [4.78, 5) is 15.0. The summed E-state index contributed by atoms with van der Waals surface area (Å²) in [6.07, 6.45) is -2.95. The minimum atomic E-state index is -4.69. The van der Waals surface area contributed by atoms with Crippen molar-refractivity contribution >= 4 is 38.4 Å². The van der Waals surface area contributed by atoms with Gasteiger partial charge in [-0.2, -0.15) is 13.2 Å². The maximum atomic E-state index is 14.0. The fourth-order valence-corrected chi connectivity index (χ4v) is 2.85. The number of aromatic nitrogens is 1. The summed E-state index contributed by atoms with van der Waals surface area (Å²) in [6, 6.07) is 3.41. The summed E-state index contributed by atoms with van der Waals surface area (Å²) in [5.74, 6) is -0.838. The van der Waals surface area contributed by atoms with Crippen molar-refractivity contribution in [2.45, 2.75) is 19.0 Å². The van der Waals surface area contributed by atoms with Crippen LogP contribution >= 0.6 is 15.9 Å². The van der Waals surface area contributed by atoms with Gasteiger partial charge in [-0.15, -0.1) is 0 Å². The second kappa shape index (κ2) is 6.78. The Bertz CT molecular complexity index is 821. The Morgan fingerprint density at radius 2 is 1.96 bits per heavy atom. The smallest absolute Gasteiger partial charge is 0.383 e. The zero-order valence-electron chi connectivity index (χ0n) is 12.9. The minimum Gasteiger partial charge on any atom is -0.383 e. The number of amides is 1. The van der Waals surface area contributed by atoms with E-state index in [-0.39, 0.29) is 41.5 Å². The first-order valence-corrected chi connectivity index (χ1v) is 8.43. The number of hydrogen-bond donors (Lipinski definition) is 2. The van der Waals surface area contributed by atoms with Gasteiger partial charge in [-0.05, 0) is 31.0 Å². The Kier molecular flexibility index (Phi) is 4.86. The molecule has 1 amide bonds. The molecule has 0 saturated heterocycles. The molecule has 1 aliphatic rings. The number of carbonyl (C=O) groups excluding carboxylic acids is 1. The quantitative estimate of drug-likeness (QED) is 0.566. The Morgan fingerprint density at radius 1 is 1.24 bits per heavy atom. The van der Waals surface area contributed by atoms with E-state index in [1.165, 1.54) is 6.07 Å². The summed E-state index contributed by atoms with van der Waals surface area (Å²) in [5, 5.41) is 5.76. The Balaban J connectivity index is 1.84. The van der Waals surface area contributed by atoms with Crippen LogP contribution < -0.4 is 10.6 Å². The van der Waals surface area contributed by atoms with Gasteiger partial charge in [0.05, 0.1) is 0 Å². The molecule has 4 nitrogen and oxygen atoms in total. The van der Waals surface area contributed by atoms with Crippen LogP contribution in [0.4, 0.5) is 23.2 Å². The molecule has 0 spiro atoms. The van der Waals surface area contributed by atoms with Crippen molar-refractivity contribution < 1.29 is 22.4 Å². The third kappa shape index (κ3) is 4.20. The van der Waals surface area contributed by atoms with Crippen molar-refractivity contribution in [3.8, 4) is 0 Å². The van der Waals surface area contributed by atoms with Crippen LogP contribution in [-0.4, -0.2) is 24.0 Å². The highest BCUT2D eigenvalue weighted by molar-refractivity contribution is 9.10. The second-order valence-electron chi connectivity index (χ2n) is 5.83. The Morgan fingerprint density at radius 3 is 2.60 bits per heavy atom. The molecular formula is C16H14BrF4N3O. The van der Waals surface area contributed by atoms with Gasteiger partial charge in [0.1, 0.15) is 11.2 Å². The predicted molar refractivity (Wildman–Crippen MR) is 88.6 cm³/mol. The summed E-state index contributed by atoms with van der Waals surface area (Å²) < 4.78 is 53.5. The molecule has 0 radical (unpaired) electrons. The van der Waals surface area contributed by atoms with Crippen LogP contribution in [0.1, 0.15) is 18.5 Å². The number of hydrogen-bond acceptors (Lipinski definition) is 3. The van der Waals surface area contributed by atoms with Gasteiger partial charge in [-0.3, -0.25) is 4.79 Å². The molecule has 0 unspecified atom stereocenters. The van der Waals surface area contributed by atoms with E-state index in [4.69, 9.17) is 0 Å². The number of carbonyl (C=O) groups is 1. The van der Waals surface area contributed by atoms with Crippen LogP contribution in [0.5, 0.6) is 0 Å². The molecule has 1 saturated carbocycles. The summed E-state index contributed by atoms with van der Waals surface area (Å²) in [6.45, 7) is 0.472. The molecular weight excluding hydrogens is 406 g/mol. The van der Waals surface area contributed by atoms with E-state index in [2.05, 4.69) is 31.5 Å². The molecule has 1 aliphatic carbocycles. The van der Waals surface area contributed by atoms with Gasteiger partial charge in [0.15, 0.2) is 5.82 Å². The molecule has 0 aliphatic heterocycles. The van der Waals surface area contributed by atoms with Crippen molar-refractivity contribution in [1.29, 1.82) is 0 Å². The number of benzene rings is 1. The standard InChI is InChI=1S/C16H14BrF4N3O/c17-9-5-10-12(22-3-4-23-15(25)8-1-2-8)7-13(16(19,20)21)24-14(10)11(18)6-9/h5-8H,1-4H2,(H,22,24)(H,23,25). The van der Waals surface area contributed by atoms with Crippen LogP contribution in [0.2, 0.25) is 0 Å². The van der Waals surface area contributed by atoms with Gasteiger partial charge in [0.25, 0.3) is 0 Å². The second-order valence-corrected chi connectivity index (χ2v) is 6.74. The third-order valence-electron chi connectivity index (χ3n) is 3.81. The van der Waals surface area contributed by atoms with E-state index in [0.717, 1.165) is 25.0 Å². The highest BCUT2D eigenvalue weighted by Gasteiger charge is 2.34. The maximum absolute atomic E-state index is 14.0. The van der Waals surface area contributed by atoms with Gasteiger partial charge >= 0.3 is 6.18 Å². The van der Waals surface area contributed by atoms with E-state index in [9.17, 15) is 22.4 Å². The largest absolute Gasteiger partial charge is 0.433 e. The predicted octanol–water partition coefficient (Wildman–Crippen LogP) is 4.09. The van der Waals surface area contributed by atoms with E-state index >= 15 is 0 Å². The molecule has 25 heavy (non-hydrogen) atoms. The molecule has 2 aromatic rings. The molecule has 134 valence electrons. The number of fused-ring (bicyclic) bond motifs is 1. The van der Waals surface area contributed by atoms with Crippen molar-refractivity contribution in [3.05, 3.63) is 34.2 Å². The van der Waals surface area contributed by atoms with Gasteiger partial charge < -0.3 is 10.6 Å². The number of alkyl halides is 3. The topological polar surface area (TPSA) is 54.0 Å². The maximum Gasteiger partial charge on any atom is 0.433 e. The van der Waals surface area contributed by atoms with Crippen molar-refractivity contribution in [3.63, 3.8) is 0 Å². The van der Waals surface area contributed by atoms with E-state index in [0.29, 0.717) is 4.47 Å². The average molecular weight is 420 g/mol. The molecule has 1 fully saturated rings. The number of anilines is 1. The zero-order chi connectivity index (χ0) is 18.2. The van der Waals surface area contributed by atoms with E-state index in [1.807, 2.05) is 0 Å². The van der Waals surface area contributed by atoms with Crippen molar-refractivity contribution in [2.24, 2.45) is 5.92 Å². The summed E-state index contributed by atoms with van der Waals surface area (Å²) >= 11 is 3.12. The molecule has 1 aromatic heterocycles. The van der Waals surface area contributed by atoms with Crippen LogP contribution in [0.3, 0.4) is 0 Å². The lowest BCUT2D eigenvalue weighted by Crippen LogP contribution is -2.29. The lowest BCUT2D eigenvalue weighted by atomic mass is 10.1. The molecule has 0 atom stereocenters. The number of rotatable bonds is 5. The molecule has 1 aromatic carbocycles. The number of nitrogens with zero attached hydrogens (tertiary/aromatic N) is 1. The number of halogens is 5. The average Bonchev–Trinajstić information content (AvgIpc) is 3.35. The Labute approximate surface area is 149 Å². The molecule has 2 N–H and O–H groups in total. The van der Waals surface area contributed by atoms with Crippen LogP contribution in [0, 0.1) is 11.7 Å². The van der Waals surface area contributed by atoms with Gasteiger partial charge in [-0.1, -0.05) is 15.9 Å². The fourth-order valence-electron chi connectivity index (χ4n) is 2.42. The van der Waals surface area contributed by atoms with Crippen LogP contribution in [-0.2, 0) is 11.0 Å². The zero-order valence-corrected chi connectivity index (χ0v) is 14.5. The molecule has 1 heterocycles. The lowest BCUT2D eigenvalue weighted by molar-refractivity contribution is -0.140. The molecule has 9 heteroatoms. The first kappa shape index (κ1) is 17.9. The van der Waals surface area contributed by atoms with E-state index in [1.54, 1.807) is 0 Å². The summed E-state index contributed by atoms with van der Waals surface area (Å²) in [5.41, 5.74) is -1.42. The van der Waals surface area contributed by atoms with Crippen molar-refractivity contribution in [2.75, 3.05) is 18.4 Å². The van der Waals surface area contributed by atoms with Crippen LogP contribution in [0.15, 0.2) is 22.7 Å². The van der Waals surface area contributed by atoms with Gasteiger partial charge in [0, 0.05) is 34.6 Å². The first-order chi connectivity index (χ1) is 11.8. The molecule has 0 bridgehead atoms. The number of pyridine rings is 1. The number of nitrogens with one attached hydrogen (secondary N) is 2. The normalized spacial score (nSPS) is 14.6. The van der Waals surface area contributed by atoms with E-state index < -0.39 is 17.7 Å². The minimum absolute atomic E-state index is 0.0499. The first-order valence-electron chi connectivity index (χ1n) is 7.64. The Hall–Kier alpha value is -1.90.